The van der Waals surface area contributed by atoms with Gasteiger partial charge in [0, 0.05) is 11.3 Å². The zero-order valence-corrected chi connectivity index (χ0v) is 18.5. The molecule has 0 unspecified atom stereocenters. The summed E-state index contributed by atoms with van der Waals surface area (Å²) in [6, 6.07) is 6.43. The van der Waals surface area contributed by atoms with Gasteiger partial charge in [0.25, 0.3) is 0 Å². The molecule has 1 aromatic rings. The number of hydrogen-bond acceptors (Lipinski definition) is 10. The molecule has 1 spiro atoms. The normalized spacial score (nSPS) is 19.2. The predicted molar refractivity (Wildman–Crippen MR) is 115 cm³/mol. The molecule has 0 saturated carbocycles. The van der Waals surface area contributed by atoms with Crippen molar-refractivity contribution in [3.05, 3.63) is 65.2 Å². The van der Waals surface area contributed by atoms with Gasteiger partial charge in [0.1, 0.15) is 35.9 Å². The SMILES string of the molecule is C=CCOC(=O)C1=C(C)OC(=O)[C@@]12C(C(=O)OC)=C(N)N(CC(=O)OCC)c1ccccc12. The molecule has 10 heteroatoms. The summed E-state index contributed by atoms with van der Waals surface area (Å²) in [6.45, 7) is 6.23. The number of nitrogens with two attached hydrogens (primary N) is 1. The summed E-state index contributed by atoms with van der Waals surface area (Å²) in [7, 11) is 1.11. The smallest absolute Gasteiger partial charge is 0.339 e. The van der Waals surface area contributed by atoms with Crippen LogP contribution < -0.4 is 10.6 Å². The van der Waals surface area contributed by atoms with E-state index in [-0.39, 0.29) is 48.0 Å². The highest BCUT2D eigenvalue weighted by Gasteiger charge is 2.63. The van der Waals surface area contributed by atoms with Gasteiger partial charge in [0.2, 0.25) is 0 Å². The third-order valence-electron chi connectivity index (χ3n) is 5.32. The number of methoxy groups -OCH3 is 1. The van der Waals surface area contributed by atoms with Crippen LogP contribution in [-0.4, -0.2) is 50.7 Å². The summed E-state index contributed by atoms with van der Waals surface area (Å²) in [6.07, 6.45) is 1.36. The van der Waals surface area contributed by atoms with Crippen molar-refractivity contribution < 1.29 is 38.1 Å². The van der Waals surface area contributed by atoms with E-state index in [1.54, 1.807) is 31.2 Å². The largest absolute Gasteiger partial charge is 0.466 e. The van der Waals surface area contributed by atoms with Gasteiger partial charge >= 0.3 is 23.9 Å². The molecule has 33 heavy (non-hydrogen) atoms. The lowest BCUT2D eigenvalue weighted by atomic mass is 9.66. The number of allylic oxidation sites excluding steroid dienone is 1. The molecule has 0 aliphatic carbocycles. The fourth-order valence-electron chi connectivity index (χ4n) is 4.09. The van der Waals surface area contributed by atoms with Crippen LogP contribution in [0.15, 0.2) is 59.6 Å². The molecule has 1 aromatic carbocycles. The number of fused-ring (bicyclic) bond motifs is 2. The van der Waals surface area contributed by atoms with E-state index in [4.69, 9.17) is 24.7 Å². The van der Waals surface area contributed by atoms with Crippen LogP contribution in [0.5, 0.6) is 0 Å². The number of para-hydroxylation sites is 1. The first-order chi connectivity index (χ1) is 15.7. The lowest BCUT2D eigenvalue weighted by Crippen LogP contribution is -2.51. The van der Waals surface area contributed by atoms with Gasteiger partial charge in [-0.05, 0) is 19.9 Å². The maximum Gasteiger partial charge on any atom is 0.339 e. The van der Waals surface area contributed by atoms with Crippen LogP contribution in [0.3, 0.4) is 0 Å². The van der Waals surface area contributed by atoms with E-state index in [1.165, 1.54) is 17.9 Å². The van der Waals surface area contributed by atoms with Crippen LogP contribution in [0.25, 0.3) is 0 Å². The van der Waals surface area contributed by atoms with Gasteiger partial charge in [0.15, 0.2) is 5.41 Å². The summed E-state index contributed by atoms with van der Waals surface area (Å²) in [5, 5.41) is 0. The minimum absolute atomic E-state index is 0.0445. The summed E-state index contributed by atoms with van der Waals surface area (Å²) in [5.74, 6) is -3.69. The molecule has 2 aliphatic rings. The number of esters is 4. The van der Waals surface area contributed by atoms with Gasteiger partial charge in [-0.1, -0.05) is 30.9 Å². The number of rotatable bonds is 7. The molecule has 174 valence electrons. The molecule has 0 aromatic heterocycles. The van der Waals surface area contributed by atoms with Crippen LogP contribution in [0.4, 0.5) is 5.69 Å². The fraction of sp³-hybridized carbons (Fsp3) is 0.304. The first kappa shape index (κ1) is 23.6. The van der Waals surface area contributed by atoms with Gasteiger partial charge < -0.3 is 29.6 Å². The maximum absolute atomic E-state index is 13.4. The highest BCUT2D eigenvalue weighted by molar-refractivity contribution is 6.16. The number of anilines is 1. The number of ether oxygens (including phenoxy) is 4. The number of cyclic esters (lactones) is 1. The quantitative estimate of drug-likeness (QED) is 0.362. The monoisotopic (exact) mass is 456 g/mol. The molecule has 3 rings (SSSR count). The van der Waals surface area contributed by atoms with Crippen LogP contribution in [0.1, 0.15) is 19.4 Å². The van der Waals surface area contributed by atoms with Crippen molar-refractivity contribution in [3.8, 4) is 0 Å². The fourth-order valence-corrected chi connectivity index (χ4v) is 4.09. The predicted octanol–water partition coefficient (Wildman–Crippen LogP) is 1.21. The average Bonchev–Trinajstić information content (AvgIpc) is 3.05. The third kappa shape index (κ3) is 3.63. The Hall–Kier alpha value is -4.08. The van der Waals surface area contributed by atoms with Crippen molar-refractivity contribution in [1.82, 2.24) is 0 Å². The second-order valence-corrected chi connectivity index (χ2v) is 7.12. The van der Waals surface area contributed by atoms with E-state index < -0.39 is 29.3 Å². The number of benzene rings is 1. The molecule has 0 fully saturated rings. The van der Waals surface area contributed by atoms with Gasteiger partial charge in [-0.3, -0.25) is 4.79 Å². The second kappa shape index (κ2) is 9.19. The lowest BCUT2D eigenvalue weighted by Gasteiger charge is -2.40. The van der Waals surface area contributed by atoms with Gasteiger partial charge in [-0.2, -0.15) is 0 Å². The van der Waals surface area contributed by atoms with Crippen molar-refractivity contribution in [2.45, 2.75) is 19.3 Å². The summed E-state index contributed by atoms with van der Waals surface area (Å²) >= 11 is 0. The third-order valence-corrected chi connectivity index (χ3v) is 5.32. The minimum Gasteiger partial charge on any atom is -0.466 e. The highest BCUT2D eigenvalue weighted by atomic mass is 16.6. The zero-order valence-electron chi connectivity index (χ0n) is 18.5. The Kier molecular flexibility index (Phi) is 6.57. The molecule has 0 amide bonds. The second-order valence-electron chi connectivity index (χ2n) is 7.12. The van der Waals surface area contributed by atoms with Crippen molar-refractivity contribution >= 4 is 29.6 Å². The van der Waals surface area contributed by atoms with E-state index in [2.05, 4.69) is 6.58 Å². The first-order valence-electron chi connectivity index (χ1n) is 10.1. The van der Waals surface area contributed by atoms with E-state index in [0.717, 1.165) is 7.11 Å². The molecule has 2 heterocycles. The molecule has 2 aliphatic heterocycles. The van der Waals surface area contributed by atoms with Gasteiger partial charge in [-0.15, -0.1) is 0 Å². The Labute approximate surface area is 190 Å². The van der Waals surface area contributed by atoms with Crippen LogP contribution in [-0.2, 0) is 43.5 Å². The van der Waals surface area contributed by atoms with Crippen LogP contribution in [0.2, 0.25) is 0 Å². The average molecular weight is 456 g/mol. The molecule has 0 saturated heterocycles. The van der Waals surface area contributed by atoms with Crippen molar-refractivity contribution in [2.75, 3.05) is 31.8 Å². The summed E-state index contributed by atoms with van der Waals surface area (Å²) in [4.78, 5) is 53.2. The topological polar surface area (TPSA) is 134 Å². The van der Waals surface area contributed by atoms with E-state index >= 15 is 0 Å². The van der Waals surface area contributed by atoms with Crippen molar-refractivity contribution in [3.63, 3.8) is 0 Å². The summed E-state index contributed by atoms with van der Waals surface area (Å²) in [5.41, 5.74) is 4.28. The summed E-state index contributed by atoms with van der Waals surface area (Å²) < 4.78 is 20.5. The van der Waals surface area contributed by atoms with Crippen molar-refractivity contribution in [1.29, 1.82) is 0 Å². The minimum atomic E-state index is -2.05. The van der Waals surface area contributed by atoms with Gasteiger partial charge in [0.05, 0.1) is 13.7 Å². The number of carbonyl (C=O) groups is 4. The van der Waals surface area contributed by atoms with Gasteiger partial charge in [-0.25, -0.2) is 14.4 Å². The number of hydrogen-bond donors (Lipinski definition) is 1. The molecule has 2 N–H and O–H groups in total. The van der Waals surface area contributed by atoms with E-state index in [1.807, 2.05) is 0 Å². The Morgan fingerprint density at radius 2 is 1.88 bits per heavy atom. The van der Waals surface area contributed by atoms with Crippen LogP contribution in [0, 0.1) is 0 Å². The molecule has 10 nitrogen and oxygen atoms in total. The highest BCUT2D eigenvalue weighted by Crippen LogP contribution is 2.54. The van der Waals surface area contributed by atoms with E-state index in [9.17, 15) is 19.2 Å². The Morgan fingerprint density at radius 1 is 1.18 bits per heavy atom. The maximum atomic E-state index is 13.4. The molecule has 1 atom stereocenters. The Bertz CT molecular complexity index is 1100. The standard InChI is InChI=1S/C23H24N2O8/c1-5-11-32-21(28)17-13(3)33-22(29)23(17)14-9-7-8-10-15(14)25(12-16(26)31-6-2)19(24)18(23)20(27)30-4/h5,7-10H,1,6,11-12,24H2,2-4H3/t23-/m1/s1. The lowest BCUT2D eigenvalue weighted by molar-refractivity contribution is -0.146. The van der Waals surface area contributed by atoms with Crippen molar-refractivity contribution in [2.24, 2.45) is 5.73 Å². The Morgan fingerprint density at radius 3 is 2.52 bits per heavy atom. The molecular formula is C23H24N2O8. The van der Waals surface area contributed by atoms with E-state index in [0.29, 0.717) is 5.69 Å². The molecule has 0 bridgehead atoms. The molecule has 0 radical (unpaired) electrons. The Balaban J connectivity index is 2.36. The molecular weight excluding hydrogens is 432 g/mol. The first-order valence-corrected chi connectivity index (χ1v) is 10.1. The van der Waals surface area contributed by atoms with Crippen LogP contribution >= 0.6 is 0 Å². The number of carbonyl (C=O) groups excluding carboxylic acids is 4. The number of nitrogens with zero attached hydrogens (tertiary/aromatic N) is 1. The zero-order chi connectivity index (χ0) is 24.3.